The molecule has 0 saturated carbocycles. The summed E-state index contributed by atoms with van der Waals surface area (Å²) in [6.07, 6.45) is 5.35. The van der Waals surface area contributed by atoms with Crippen LogP contribution in [0.15, 0.2) is 24.4 Å². The lowest BCUT2D eigenvalue weighted by atomic mass is 9.91. The van der Waals surface area contributed by atoms with Gasteiger partial charge in [-0.05, 0) is 71.9 Å². The van der Waals surface area contributed by atoms with Crippen LogP contribution in [0.2, 0.25) is 0 Å². The number of hydrogen-bond acceptors (Lipinski definition) is 4. The molecule has 2 rings (SSSR count). The largest absolute Gasteiger partial charge is 0.444 e. The van der Waals surface area contributed by atoms with Gasteiger partial charge in [-0.15, -0.1) is 0 Å². The third-order valence-corrected chi connectivity index (χ3v) is 4.72. The zero-order valence-electron chi connectivity index (χ0n) is 16.3. The minimum absolute atomic E-state index is 0.105. The van der Waals surface area contributed by atoms with Crippen molar-refractivity contribution in [3.63, 3.8) is 0 Å². The van der Waals surface area contributed by atoms with Crippen LogP contribution in [0.4, 0.5) is 4.79 Å². The fourth-order valence-corrected chi connectivity index (χ4v) is 3.56. The molecular formula is C20H33N3O2. The number of rotatable bonds is 5. The van der Waals surface area contributed by atoms with Gasteiger partial charge in [-0.3, -0.25) is 4.98 Å². The number of aromatic nitrogens is 1. The van der Waals surface area contributed by atoms with Gasteiger partial charge in [-0.2, -0.15) is 0 Å². The van der Waals surface area contributed by atoms with Crippen molar-refractivity contribution < 1.29 is 9.53 Å². The first kappa shape index (κ1) is 19.7. The maximum atomic E-state index is 12.5. The van der Waals surface area contributed by atoms with Crippen molar-refractivity contribution in [2.24, 2.45) is 11.7 Å². The maximum Gasteiger partial charge on any atom is 0.410 e. The molecule has 5 nitrogen and oxygen atoms in total. The molecule has 1 fully saturated rings. The van der Waals surface area contributed by atoms with E-state index in [0.29, 0.717) is 5.92 Å². The van der Waals surface area contributed by atoms with Crippen molar-refractivity contribution in [2.45, 2.75) is 77.5 Å². The number of likely N-dealkylation sites (tertiary alicyclic amines) is 1. The van der Waals surface area contributed by atoms with Crippen LogP contribution in [0.5, 0.6) is 0 Å². The molecule has 25 heavy (non-hydrogen) atoms. The van der Waals surface area contributed by atoms with E-state index in [1.54, 1.807) is 6.20 Å². The first-order valence-corrected chi connectivity index (χ1v) is 9.23. The number of carbonyl (C=O) groups is 1. The van der Waals surface area contributed by atoms with Crippen molar-refractivity contribution in [3.8, 4) is 0 Å². The minimum Gasteiger partial charge on any atom is -0.444 e. The molecule has 0 aliphatic carbocycles. The monoisotopic (exact) mass is 347 g/mol. The Balaban J connectivity index is 1.84. The molecule has 0 spiro atoms. The van der Waals surface area contributed by atoms with E-state index < -0.39 is 5.60 Å². The fourth-order valence-electron chi connectivity index (χ4n) is 3.56. The summed E-state index contributed by atoms with van der Waals surface area (Å²) in [4.78, 5) is 18.7. The second kappa shape index (κ2) is 7.73. The topological polar surface area (TPSA) is 68.5 Å². The Morgan fingerprint density at radius 1 is 1.44 bits per heavy atom. The van der Waals surface area contributed by atoms with E-state index in [9.17, 15) is 4.79 Å². The van der Waals surface area contributed by atoms with Gasteiger partial charge < -0.3 is 15.4 Å². The van der Waals surface area contributed by atoms with Gasteiger partial charge in [-0.25, -0.2) is 4.79 Å². The zero-order chi connectivity index (χ0) is 18.7. The lowest BCUT2D eigenvalue weighted by Gasteiger charge is -2.33. The molecule has 1 aromatic rings. The van der Waals surface area contributed by atoms with Crippen LogP contribution in [0.25, 0.3) is 0 Å². The Labute approximate surface area is 151 Å². The van der Waals surface area contributed by atoms with Gasteiger partial charge in [-0.1, -0.05) is 6.07 Å². The Kier molecular flexibility index (Phi) is 6.09. The third-order valence-electron chi connectivity index (χ3n) is 4.72. The van der Waals surface area contributed by atoms with Crippen molar-refractivity contribution in [3.05, 3.63) is 30.1 Å². The first-order valence-electron chi connectivity index (χ1n) is 9.23. The number of nitrogens with two attached hydrogens (primary N) is 1. The quantitative estimate of drug-likeness (QED) is 0.880. The van der Waals surface area contributed by atoms with Gasteiger partial charge in [0.15, 0.2) is 0 Å². The summed E-state index contributed by atoms with van der Waals surface area (Å²) in [5, 5.41) is 0. The van der Waals surface area contributed by atoms with Gasteiger partial charge >= 0.3 is 6.09 Å². The third kappa shape index (κ3) is 5.99. The summed E-state index contributed by atoms with van der Waals surface area (Å²) in [5.74, 6) is 0.470. The van der Waals surface area contributed by atoms with Gasteiger partial charge in [0.05, 0.1) is 0 Å². The summed E-state index contributed by atoms with van der Waals surface area (Å²) >= 11 is 0. The van der Waals surface area contributed by atoms with E-state index in [0.717, 1.165) is 37.9 Å². The van der Waals surface area contributed by atoms with E-state index in [1.807, 2.05) is 43.9 Å². The molecule has 1 saturated heterocycles. The van der Waals surface area contributed by atoms with Crippen molar-refractivity contribution in [1.82, 2.24) is 9.88 Å². The zero-order valence-corrected chi connectivity index (χ0v) is 16.3. The number of ether oxygens (including phenoxy) is 1. The molecule has 2 heterocycles. The molecular weight excluding hydrogens is 314 g/mol. The van der Waals surface area contributed by atoms with Crippen LogP contribution in [-0.2, 0) is 11.2 Å². The highest BCUT2D eigenvalue weighted by atomic mass is 16.6. The molecule has 2 N–H and O–H groups in total. The predicted molar refractivity (Wildman–Crippen MR) is 100 cm³/mol. The van der Waals surface area contributed by atoms with Crippen molar-refractivity contribution >= 4 is 6.09 Å². The van der Waals surface area contributed by atoms with Gasteiger partial charge in [0, 0.05) is 36.4 Å². The number of nitrogens with zero attached hydrogens (tertiary/aromatic N) is 2. The fraction of sp³-hybridized carbons (Fsp3) is 0.700. The van der Waals surface area contributed by atoms with Crippen LogP contribution < -0.4 is 5.73 Å². The van der Waals surface area contributed by atoms with E-state index in [1.165, 1.54) is 0 Å². The Hall–Kier alpha value is -1.62. The van der Waals surface area contributed by atoms with Crippen LogP contribution in [-0.4, -0.2) is 39.7 Å². The molecule has 140 valence electrons. The van der Waals surface area contributed by atoms with E-state index >= 15 is 0 Å². The Morgan fingerprint density at radius 3 is 2.76 bits per heavy atom. The van der Waals surface area contributed by atoms with Gasteiger partial charge in [0.25, 0.3) is 0 Å². The lowest BCUT2D eigenvalue weighted by molar-refractivity contribution is 0.0131. The number of pyridine rings is 1. The Morgan fingerprint density at radius 2 is 2.16 bits per heavy atom. The summed E-state index contributed by atoms with van der Waals surface area (Å²) in [6, 6.07) is 6.03. The molecule has 2 atom stereocenters. The average Bonchev–Trinajstić information content (AvgIpc) is 2.79. The molecule has 1 aliphatic heterocycles. The number of amides is 1. The van der Waals surface area contributed by atoms with E-state index in [-0.39, 0.29) is 17.7 Å². The van der Waals surface area contributed by atoms with Gasteiger partial charge in [0.1, 0.15) is 5.60 Å². The molecule has 0 bridgehead atoms. The summed E-state index contributed by atoms with van der Waals surface area (Å²) in [7, 11) is 0. The minimum atomic E-state index is -0.462. The van der Waals surface area contributed by atoms with Crippen molar-refractivity contribution in [1.29, 1.82) is 0 Å². The van der Waals surface area contributed by atoms with Crippen LogP contribution in [0.1, 0.15) is 59.6 Å². The molecule has 1 aliphatic rings. The smallest absolute Gasteiger partial charge is 0.410 e. The second-order valence-corrected chi connectivity index (χ2v) is 8.84. The molecule has 1 unspecified atom stereocenters. The van der Waals surface area contributed by atoms with E-state index in [2.05, 4.69) is 18.8 Å². The summed E-state index contributed by atoms with van der Waals surface area (Å²) in [6.45, 7) is 10.7. The molecule has 0 radical (unpaired) electrons. The van der Waals surface area contributed by atoms with E-state index in [4.69, 9.17) is 10.5 Å². The van der Waals surface area contributed by atoms with Crippen LogP contribution in [0, 0.1) is 5.92 Å². The van der Waals surface area contributed by atoms with Gasteiger partial charge in [0.2, 0.25) is 0 Å². The highest BCUT2D eigenvalue weighted by Crippen LogP contribution is 2.36. The second-order valence-electron chi connectivity index (χ2n) is 8.84. The number of carbonyl (C=O) groups excluding carboxylic acids is 1. The maximum absolute atomic E-state index is 12.5. The SMILES string of the molecule is CC(C)(C)OC(=O)N1C[C@@H](CCC(N)Cc2ccccn2)CC1(C)C. The van der Waals surface area contributed by atoms with Crippen LogP contribution in [0.3, 0.4) is 0 Å². The molecule has 1 amide bonds. The standard InChI is InChI=1S/C20H33N3O2/c1-19(2,3)25-18(24)23-14-15(13-20(23,4)5)9-10-16(21)12-17-8-6-7-11-22-17/h6-8,11,15-16H,9-10,12-14,21H2,1-5H3/t15-,16?/m0/s1. The predicted octanol–water partition coefficient (Wildman–Crippen LogP) is 3.77. The lowest BCUT2D eigenvalue weighted by Crippen LogP contribution is -2.45. The molecule has 0 aromatic carbocycles. The normalized spacial score (nSPS) is 21.2. The summed E-state index contributed by atoms with van der Waals surface area (Å²) < 4.78 is 5.56. The number of hydrogen-bond donors (Lipinski definition) is 1. The summed E-state index contributed by atoms with van der Waals surface area (Å²) in [5.41, 5.74) is 6.69. The molecule has 5 heteroatoms. The van der Waals surface area contributed by atoms with Crippen molar-refractivity contribution in [2.75, 3.05) is 6.54 Å². The highest BCUT2D eigenvalue weighted by Gasteiger charge is 2.42. The molecule has 1 aromatic heterocycles. The average molecular weight is 348 g/mol. The Bertz CT molecular complexity index is 566. The highest BCUT2D eigenvalue weighted by molar-refractivity contribution is 5.69. The van der Waals surface area contributed by atoms with Crippen LogP contribution >= 0.6 is 0 Å². The first-order chi connectivity index (χ1) is 11.6.